The van der Waals surface area contributed by atoms with Crippen LogP contribution in [0.2, 0.25) is 0 Å². The largest absolute Gasteiger partial charge is 0.457 e. The molecule has 4 aliphatic rings. The number of aliphatic hydroxyl groups is 1. The summed E-state index contributed by atoms with van der Waals surface area (Å²) in [6.45, 7) is 9.54. The average molecular weight is 437 g/mol. The first-order valence-corrected chi connectivity index (χ1v) is 11.2. The Morgan fingerprint density at radius 3 is 2.39 bits per heavy atom. The number of carbonyl (C=O) groups is 2. The van der Waals surface area contributed by atoms with Crippen LogP contribution in [0.3, 0.4) is 0 Å². The molecule has 7 heteroatoms. The minimum atomic E-state index is -1.25. The number of allylic oxidation sites excluding steroid dienone is 1. The van der Waals surface area contributed by atoms with Crippen LogP contribution in [0.5, 0.6) is 0 Å². The highest BCUT2D eigenvalue weighted by atomic mass is 16.6. The molecule has 1 saturated heterocycles. The molecule has 7 atom stereocenters. The van der Waals surface area contributed by atoms with E-state index in [0.29, 0.717) is 25.9 Å². The molecule has 7 unspecified atom stereocenters. The van der Waals surface area contributed by atoms with Crippen LogP contribution in [0.25, 0.3) is 0 Å². The lowest BCUT2D eigenvalue weighted by Crippen LogP contribution is -2.78. The monoisotopic (exact) mass is 436 g/mol. The van der Waals surface area contributed by atoms with Gasteiger partial charge in [0.05, 0.1) is 29.8 Å². The molecule has 0 radical (unpaired) electrons. The molecule has 0 aromatic heterocycles. The number of carbonyl (C=O) groups excluding carboxylic acids is 2. The molecule has 31 heavy (non-hydrogen) atoms. The third-order valence-electron chi connectivity index (χ3n) is 9.13. The third-order valence-corrected chi connectivity index (χ3v) is 9.13. The van der Waals surface area contributed by atoms with E-state index in [1.165, 1.54) is 14.0 Å². The second-order valence-corrected chi connectivity index (χ2v) is 10.6. The Morgan fingerprint density at radius 2 is 1.87 bits per heavy atom. The van der Waals surface area contributed by atoms with Gasteiger partial charge in [-0.15, -0.1) is 0 Å². The molecule has 3 fully saturated rings. The first kappa shape index (κ1) is 22.9. The number of ketones is 1. The van der Waals surface area contributed by atoms with Crippen molar-refractivity contribution in [3.05, 3.63) is 11.1 Å². The van der Waals surface area contributed by atoms with Crippen LogP contribution in [0.1, 0.15) is 60.3 Å². The number of hydrogen-bond donors (Lipinski definition) is 1. The number of ether oxygens (including phenoxy) is 4. The van der Waals surface area contributed by atoms with Gasteiger partial charge in [-0.1, -0.05) is 19.4 Å². The molecule has 1 N–H and O–H groups in total. The maximum Gasteiger partial charge on any atom is 0.303 e. The maximum atomic E-state index is 14.4. The van der Waals surface area contributed by atoms with Crippen LogP contribution >= 0.6 is 0 Å². The molecular weight excluding hydrogens is 400 g/mol. The van der Waals surface area contributed by atoms with Gasteiger partial charge in [-0.25, -0.2) is 0 Å². The van der Waals surface area contributed by atoms with Gasteiger partial charge >= 0.3 is 5.97 Å². The van der Waals surface area contributed by atoms with E-state index >= 15 is 0 Å². The van der Waals surface area contributed by atoms with E-state index < -0.39 is 40.2 Å². The summed E-state index contributed by atoms with van der Waals surface area (Å²) in [7, 11) is 3.11. The molecule has 0 aromatic carbocycles. The Labute approximate surface area is 184 Å². The average Bonchev–Trinajstić information content (AvgIpc) is 2.65. The van der Waals surface area contributed by atoms with Gasteiger partial charge in [0.25, 0.3) is 0 Å². The Hall–Kier alpha value is -1.28. The molecule has 0 aromatic rings. The summed E-state index contributed by atoms with van der Waals surface area (Å²) in [5, 5.41) is 12.2. The minimum Gasteiger partial charge on any atom is -0.457 e. The van der Waals surface area contributed by atoms with Crippen molar-refractivity contribution in [3.63, 3.8) is 0 Å². The van der Waals surface area contributed by atoms with Crippen LogP contribution in [-0.2, 0) is 28.5 Å². The Bertz CT molecular complexity index is 832. The number of rotatable bonds is 3. The fraction of sp³-hybridized carbons (Fsp3) is 0.833. The van der Waals surface area contributed by atoms with Crippen molar-refractivity contribution >= 4 is 11.8 Å². The summed E-state index contributed by atoms with van der Waals surface area (Å²) in [5.41, 5.74) is -2.46. The van der Waals surface area contributed by atoms with Crippen LogP contribution in [0.4, 0.5) is 0 Å². The number of methoxy groups -OCH3 is 2. The first-order valence-electron chi connectivity index (χ1n) is 11.2. The molecule has 174 valence electrons. The third kappa shape index (κ3) is 2.73. The number of esters is 1. The van der Waals surface area contributed by atoms with Crippen LogP contribution in [0.15, 0.2) is 11.1 Å². The molecule has 4 rings (SSSR count). The first-order chi connectivity index (χ1) is 14.4. The second kappa shape index (κ2) is 7.11. The molecule has 2 saturated carbocycles. The normalized spacial score (nSPS) is 46.3. The predicted octanol–water partition coefficient (Wildman–Crippen LogP) is 2.58. The van der Waals surface area contributed by atoms with Gasteiger partial charge in [0.1, 0.15) is 11.7 Å². The predicted molar refractivity (Wildman–Crippen MR) is 112 cm³/mol. The number of Topliss-reactive ketones (excluding diaryl/α,β-unsaturated/α-hetero) is 1. The zero-order chi connectivity index (χ0) is 23.0. The smallest absolute Gasteiger partial charge is 0.303 e. The van der Waals surface area contributed by atoms with Gasteiger partial charge in [-0.2, -0.15) is 0 Å². The highest BCUT2D eigenvalue weighted by Crippen LogP contribution is 2.64. The van der Waals surface area contributed by atoms with E-state index in [1.807, 2.05) is 27.7 Å². The molecule has 1 heterocycles. The summed E-state index contributed by atoms with van der Waals surface area (Å²) in [5.74, 6) is -0.817. The highest BCUT2D eigenvalue weighted by Gasteiger charge is 2.75. The topological polar surface area (TPSA) is 91.3 Å². The zero-order valence-corrected chi connectivity index (χ0v) is 19.7. The lowest BCUT2D eigenvalue weighted by atomic mass is 9.45. The van der Waals surface area contributed by atoms with Gasteiger partial charge < -0.3 is 24.1 Å². The van der Waals surface area contributed by atoms with Gasteiger partial charge in [-0.3, -0.25) is 9.59 Å². The Morgan fingerprint density at radius 1 is 1.19 bits per heavy atom. The summed E-state index contributed by atoms with van der Waals surface area (Å²) >= 11 is 0. The van der Waals surface area contributed by atoms with E-state index in [2.05, 4.69) is 0 Å². The van der Waals surface area contributed by atoms with Gasteiger partial charge in [-0.05, 0) is 32.3 Å². The molecule has 1 aliphatic heterocycles. The summed E-state index contributed by atoms with van der Waals surface area (Å²) < 4.78 is 23.7. The second-order valence-electron chi connectivity index (χ2n) is 10.6. The van der Waals surface area contributed by atoms with Crippen molar-refractivity contribution < 1.29 is 33.6 Å². The van der Waals surface area contributed by atoms with E-state index in [1.54, 1.807) is 7.11 Å². The van der Waals surface area contributed by atoms with Crippen molar-refractivity contribution in [1.29, 1.82) is 0 Å². The van der Waals surface area contributed by atoms with Gasteiger partial charge in [0.15, 0.2) is 5.78 Å². The molecule has 3 aliphatic carbocycles. The SMILES string of the molecule is COC1C(=O)C2(C)C(OC)CC3OCC3C2(OC(C)=O)CC2(O)CCC(C)=C1C2(C)C. The fourth-order valence-electron chi connectivity index (χ4n) is 7.14. The van der Waals surface area contributed by atoms with Gasteiger partial charge in [0.2, 0.25) is 0 Å². The Balaban J connectivity index is 2.04. The zero-order valence-electron chi connectivity index (χ0n) is 19.7. The van der Waals surface area contributed by atoms with E-state index in [-0.39, 0.29) is 24.2 Å². The standard InChI is InChI=1S/C24H36O7/c1-13-8-9-23(27)12-24(31-14(2)25)15-11-30-16(15)10-17(28-6)22(24,5)20(26)19(29-7)18(13)21(23,3)4/h15-17,19,27H,8-12H2,1-7H3. The summed E-state index contributed by atoms with van der Waals surface area (Å²) in [6, 6.07) is 0. The maximum absolute atomic E-state index is 14.4. The highest BCUT2D eigenvalue weighted by molar-refractivity contribution is 5.94. The lowest BCUT2D eigenvalue weighted by molar-refractivity contribution is -0.313. The van der Waals surface area contributed by atoms with Crippen LogP contribution in [-0.4, -0.2) is 67.2 Å². The lowest BCUT2D eigenvalue weighted by Gasteiger charge is -2.67. The molecular formula is C24H36O7. The van der Waals surface area contributed by atoms with Crippen molar-refractivity contribution in [2.45, 2.75) is 89.8 Å². The van der Waals surface area contributed by atoms with Crippen molar-refractivity contribution in [2.24, 2.45) is 16.7 Å². The van der Waals surface area contributed by atoms with Crippen LogP contribution < -0.4 is 0 Å². The van der Waals surface area contributed by atoms with Crippen molar-refractivity contribution in [3.8, 4) is 0 Å². The van der Waals surface area contributed by atoms with E-state index in [4.69, 9.17) is 18.9 Å². The quantitative estimate of drug-likeness (QED) is 0.537. The number of hydrogen-bond acceptors (Lipinski definition) is 7. The van der Waals surface area contributed by atoms with Crippen molar-refractivity contribution in [2.75, 3.05) is 20.8 Å². The number of fused-ring (bicyclic) bond motifs is 5. The fourth-order valence-corrected chi connectivity index (χ4v) is 7.14. The molecule has 7 nitrogen and oxygen atoms in total. The molecule has 2 bridgehead atoms. The van der Waals surface area contributed by atoms with Crippen LogP contribution in [0, 0.1) is 16.7 Å². The molecule has 0 spiro atoms. The molecule has 0 amide bonds. The minimum absolute atomic E-state index is 0.153. The van der Waals surface area contributed by atoms with E-state index in [0.717, 1.165) is 11.1 Å². The summed E-state index contributed by atoms with van der Waals surface area (Å²) in [6.07, 6.45) is 0.303. The summed E-state index contributed by atoms with van der Waals surface area (Å²) in [4.78, 5) is 26.9. The van der Waals surface area contributed by atoms with Crippen molar-refractivity contribution in [1.82, 2.24) is 0 Å². The Kier molecular flexibility index (Phi) is 5.25. The van der Waals surface area contributed by atoms with Gasteiger partial charge in [0, 0.05) is 45.3 Å². The van der Waals surface area contributed by atoms with E-state index in [9.17, 15) is 14.7 Å².